The van der Waals surface area contributed by atoms with Gasteiger partial charge in [0.1, 0.15) is 10.7 Å². The summed E-state index contributed by atoms with van der Waals surface area (Å²) in [4.78, 5) is 9.50. The van der Waals surface area contributed by atoms with Crippen molar-refractivity contribution in [3.05, 3.63) is 35.1 Å². The topological polar surface area (TPSA) is 63.3 Å². The molecule has 0 saturated carbocycles. The molecule has 0 bridgehead atoms. The van der Waals surface area contributed by atoms with Crippen molar-refractivity contribution in [3.63, 3.8) is 0 Å². The second-order valence-corrected chi connectivity index (χ2v) is 4.76. The molecular weight excluding hydrogens is 236 g/mol. The fourth-order valence-corrected chi connectivity index (χ4v) is 2.50. The predicted octanol–water partition coefficient (Wildman–Crippen LogP) is 1.65. The van der Waals surface area contributed by atoms with Crippen LogP contribution in [0.2, 0.25) is 0 Å². The van der Waals surface area contributed by atoms with Gasteiger partial charge in [-0.25, -0.2) is 9.50 Å². The van der Waals surface area contributed by atoms with Crippen molar-refractivity contribution >= 4 is 16.3 Å². The summed E-state index contributed by atoms with van der Waals surface area (Å²) >= 11 is 1.50. The zero-order valence-electron chi connectivity index (χ0n) is 9.16. The molecule has 1 N–H and O–H groups in total. The Morgan fingerprint density at radius 3 is 3.00 bits per heavy atom. The number of hydrogen-bond acceptors (Lipinski definition) is 5. The molecule has 0 fully saturated rings. The SMILES string of the molecule is Cc1nn2c(CO)c(-c3ccccn3)nc2s1. The molecule has 86 valence electrons. The van der Waals surface area contributed by atoms with E-state index in [0.29, 0.717) is 11.4 Å². The highest BCUT2D eigenvalue weighted by molar-refractivity contribution is 7.16. The minimum absolute atomic E-state index is 0.101. The average Bonchev–Trinajstić information content (AvgIpc) is 2.85. The summed E-state index contributed by atoms with van der Waals surface area (Å²) in [7, 11) is 0. The molecule has 5 nitrogen and oxygen atoms in total. The van der Waals surface area contributed by atoms with Gasteiger partial charge in [-0.3, -0.25) is 4.98 Å². The first kappa shape index (κ1) is 10.4. The van der Waals surface area contributed by atoms with Gasteiger partial charge in [0.15, 0.2) is 0 Å². The summed E-state index contributed by atoms with van der Waals surface area (Å²) in [5.74, 6) is 0. The predicted molar refractivity (Wildman–Crippen MR) is 64.8 cm³/mol. The highest BCUT2D eigenvalue weighted by Gasteiger charge is 2.16. The third-order valence-electron chi connectivity index (χ3n) is 2.45. The zero-order valence-corrected chi connectivity index (χ0v) is 9.98. The fourth-order valence-electron chi connectivity index (χ4n) is 1.74. The molecule has 0 saturated heterocycles. The largest absolute Gasteiger partial charge is 0.390 e. The summed E-state index contributed by atoms with van der Waals surface area (Å²) in [5, 5.41) is 14.7. The van der Waals surface area contributed by atoms with Gasteiger partial charge < -0.3 is 5.11 Å². The second-order valence-electron chi connectivity index (χ2n) is 3.60. The molecule has 0 radical (unpaired) electrons. The van der Waals surface area contributed by atoms with E-state index in [-0.39, 0.29) is 6.61 Å². The lowest BCUT2D eigenvalue weighted by atomic mass is 10.2. The number of fused-ring (bicyclic) bond motifs is 1. The van der Waals surface area contributed by atoms with Gasteiger partial charge in [-0.2, -0.15) is 5.10 Å². The molecule has 3 rings (SSSR count). The van der Waals surface area contributed by atoms with Gasteiger partial charge in [0, 0.05) is 6.20 Å². The molecule has 0 amide bonds. The molecule has 3 aromatic heterocycles. The van der Waals surface area contributed by atoms with E-state index in [0.717, 1.165) is 15.7 Å². The molecule has 17 heavy (non-hydrogen) atoms. The van der Waals surface area contributed by atoms with E-state index >= 15 is 0 Å². The van der Waals surface area contributed by atoms with Crippen LogP contribution in [0.3, 0.4) is 0 Å². The van der Waals surface area contributed by atoms with Crippen LogP contribution in [0.1, 0.15) is 10.7 Å². The lowest BCUT2D eigenvalue weighted by Crippen LogP contribution is -1.96. The summed E-state index contributed by atoms with van der Waals surface area (Å²) in [5.41, 5.74) is 2.14. The number of aromatic nitrogens is 4. The lowest BCUT2D eigenvalue weighted by Gasteiger charge is -1.98. The normalized spacial score (nSPS) is 11.2. The molecule has 0 aliphatic carbocycles. The average molecular weight is 246 g/mol. The molecule has 3 aromatic rings. The molecule has 3 heterocycles. The van der Waals surface area contributed by atoms with Crippen molar-refractivity contribution in [1.29, 1.82) is 0 Å². The minimum atomic E-state index is -0.101. The molecule has 0 spiro atoms. The maximum absolute atomic E-state index is 9.45. The van der Waals surface area contributed by atoms with Gasteiger partial charge in [0.25, 0.3) is 0 Å². The lowest BCUT2D eigenvalue weighted by molar-refractivity contribution is 0.275. The summed E-state index contributed by atoms with van der Waals surface area (Å²) in [6, 6.07) is 5.62. The van der Waals surface area contributed by atoms with Crippen molar-refractivity contribution in [2.45, 2.75) is 13.5 Å². The number of aryl methyl sites for hydroxylation is 1. The number of aliphatic hydroxyl groups excluding tert-OH is 1. The molecule has 6 heteroatoms. The monoisotopic (exact) mass is 246 g/mol. The highest BCUT2D eigenvalue weighted by atomic mass is 32.1. The van der Waals surface area contributed by atoms with Gasteiger partial charge in [0.05, 0.1) is 18.0 Å². The van der Waals surface area contributed by atoms with Crippen molar-refractivity contribution in [2.24, 2.45) is 0 Å². The maximum atomic E-state index is 9.45. The van der Waals surface area contributed by atoms with Crippen LogP contribution in [0.5, 0.6) is 0 Å². The molecular formula is C11H10N4OS. The van der Waals surface area contributed by atoms with E-state index in [1.165, 1.54) is 11.3 Å². The number of imidazole rings is 1. The van der Waals surface area contributed by atoms with Crippen LogP contribution in [0.25, 0.3) is 16.3 Å². The first-order valence-corrected chi connectivity index (χ1v) is 5.98. The number of hydrogen-bond donors (Lipinski definition) is 1. The van der Waals surface area contributed by atoms with Gasteiger partial charge in [-0.1, -0.05) is 17.4 Å². The Balaban J connectivity index is 2.26. The standard InChI is InChI=1S/C11H10N4OS/c1-7-14-15-9(6-16)10(13-11(15)17-7)8-4-2-3-5-12-8/h2-5,16H,6H2,1H3. The van der Waals surface area contributed by atoms with Crippen molar-refractivity contribution in [3.8, 4) is 11.4 Å². The third-order valence-corrected chi connectivity index (χ3v) is 3.28. The number of rotatable bonds is 2. The molecule has 0 aliphatic rings. The first-order valence-electron chi connectivity index (χ1n) is 5.17. The molecule has 0 aliphatic heterocycles. The van der Waals surface area contributed by atoms with E-state index in [1.807, 2.05) is 25.1 Å². The van der Waals surface area contributed by atoms with Crippen LogP contribution in [-0.4, -0.2) is 24.7 Å². The molecule has 0 aromatic carbocycles. The Kier molecular flexibility index (Phi) is 2.38. The number of aliphatic hydroxyl groups is 1. The molecule has 0 atom stereocenters. The summed E-state index contributed by atoms with van der Waals surface area (Å²) < 4.78 is 1.68. The Hall–Kier alpha value is -1.79. The summed E-state index contributed by atoms with van der Waals surface area (Å²) in [6.45, 7) is 1.82. The smallest absolute Gasteiger partial charge is 0.213 e. The van der Waals surface area contributed by atoms with Crippen LogP contribution >= 0.6 is 11.3 Å². The van der Waals surface area contributed by atoms with Crippen LogP contribution in [-0.2, 0) is 6.61 Å². The van der Waals surface area contributed by atoms with Crippen LogP contribution in [0, 0.1) is 6.92 Å². The van der Waals surface area contributed by atoms with Crippen LogP contribution < -0.4 is 0 Å². The van der Waals surface area contributed by atoms with Gasteiger partial charge in [-0.15, -0.1) is 0 Å². The second kappa shape index (κ2) is 3.90. The quantitative estimate of drug-likeness (QED) is 0.746. The minimum Gasteiger partial charge on any atom is -0.390 e. The number of pyridine rings is 1. The van der Waals surface area contributed by atoms with Crippen LogP contribution in [0.15, 0.2) is 24.4 Å². The summed E-state index contributed by atoms with van der Waals surface area (Å²) in [6.07, 6.45) is 1.71. The van der Waals surface area contributed by atoms with Crippen molar-refractivity contribution in [2.75, 3.05) is 0 Å². The van der Waals surface area contributed by atoms with Gasteiger partial charge >= 0.3 is 0 Å². The van der Waals surface area contributed by atoms with Gasteiger partial charge in [0.2, 0.25) is 4.96 Å². The first-order chi connectivity index (χ1) is 8.29. The van der Waals surface area contributed by atoms with Crippen molar-refractivity contribution < 1.29 is 5.11 Å². The van der Waals surface area contributed by atoms with E-state index in [2.05, 4.69) is 15.1 Å². The van der Waals surface area contributed by atoms with E-state index < -0.39 is 0 Å². The highest BCUT2D eigenvalue weighted by Crippen LogP contribution is 2.25. The maximum Gasteiger partial charge on any atom is 0.213 e. The van der Waals surface area contributed by atoms with Crippen molar-refractivity contribution in [1.82, 2.24) is 19.6 Å². The Labute approximate surface area is 101 Å². The third kappa shape index (κ3) is 1.62. The van der Waals surface area contributed by atoms with E-state index in [1.54, 1.807) is 10.7 Å². The fraction of sp³-hybridized carbons (Fsp3) is 0.182. The van der Waals surface area contributed by atoms with E-state index in [9.17, 15) is 5.11 Å². The zero-order chi connectivity index (χ0) is 11.8. The number of nitrogens with zero attached hydrogens (tertiary/aromatic N) is 4. The Morgan fingerprint density at radius 1 is 1.41 bits per heavy atom. The van der Waals surface area contributed by atoms with Crippen LogP contribution in [0.4, 0.5) is 0 Å². The van der Waals surface area contributed by atoms with Gasteiger partial charge in [-0.05, 0) is 19.1 Å². The van der Waals surface area contributed by atoms with E-state index in [4.69, 9.17) is 0 Å². The Bertz CT molecular complexity index is 659. The Morgan fingerprint density at radius 2 is 2.29 bits per heavy atom. The molecule has 0 unspecified atom stereocenters.